The van der Waals surface area contributed by atoms with E-state index in [4.69, 9.17) is 14.4 Å². The highest BCUT2D eigenvalue weighted by molar-refractivity contribution is 7.85. The molecule has 0 aromatic heterocycles. The molecule has 1 aromatic carbocycles. The van der Waals surface area contributed by atoms with Crippen LogP contribution >= 0.6 is 0 Å². The van der Waals surface area contributed by atoms with Crippen molar-refractivity contribution in [3.63, 3.8) is 0 Å². The quantitative estimate of drug-likeness (QED) is 0.462. The summed E-state index contributed by atoms with van der Waals surface area (Å²) in [6.45, 7) is -0.117. The molecule has 0 aliphatic rings. The molecule has 94 valence electrons. The van der Waals surface area contributed by atoms with Gasteiger partial charge in [0.15, 0.2) is 0 Å². The fraction of sp³-hybridized carbons (Fsp3) is 0.300. The van der Waals surface area contributed by atoms with Gasteiger partial charge in [0.1, 0.15) is 5.75 Å². The van der Waals surface area contributed by atoms with Crippen LogP contribution in [0.2, 0.25) is 0 Å². The van der Waals surface area contributed by atoms with Gasteiger partial charge in [0.2, 0.25) is 0 Å². The molecule has 1 aromatic rings. The van der Waals surface area contributed by atoms with Crippen LogP contribution in [-0.2, 0) is 14.9 Å². The maximum Gasteiger partial charge on any atom is 0.338 e. The molecule has 0 unspecified atom stereocenters. The molecule has 0 spiro atoms. The molecule has 2 N–H and O–H groups in total. The zero-order chi connectivity index (χ0) is 12.9. The predicted octanol–water partition coefficient (Wildman–Crippen LogP) is 0.827. The third kappa shape index (κ3) is 5.32. The molecule has 6 nitrogen and oxygen atoms in total. The van der Waals surface area contributed by atoms with Crippen molar-refractivity contribution in [2.45, 2.75) is 6.42 Å². The van der Waals surface area contributed by atoms with Gasteiger partial charge in [0.25, 0.3) is 10.1 Å². The number of hydrogen-bond acceptors (Lipinski definition) is 5. The maximum absolute atomic E-state index is 11.4. The second-order valence-corrected chi connectivity index (χ2v) is 4.90. The number of benzene rings is 1. The molecule has 0 heterocycles. The van der Waals surface area contributed by atoms with Crippen LogP contribution in [-0.4, -0.2) is 36.4 Å². The third-order valence-electron chi connectivity index (χ3n) is 1.86. The molecule has 17 heavy (non-hydrogen) atoms. The Balaban J connectivity index is 2.41. The minimum Gasteiger partial charge on any atom is -0.508 e. The number of phenolic OH excluding ortho intramolecular Hbond substituents is 1. The van der Waals surface area contributed by atoms with Crippen molar-refractivity contribution in [2.75, 3.05) is 12.4 Å². The average Bonchev–Trinajstić information content (AvgIpc) is 2.23. The Bertz CT molecular complexity index is 493. The number of carbonyl (C=O) groups is 1. The summed E-state index contributed by atoms with van der Waals surface area (Å²) >= 11 is 0. The Morgan fingerprint density at radius 3 is 2.65 bits per heavy atom. The van der Waals surface area contributed by atoms with Crippen molar-refractivity contribution in [3.05, 3.63) is 29.8 Å². The van der Waals surface area contributed by atoms with Crippen molar-refractivity contribution in [3.8, 4) is 5.75 Å². The van der Waals surface area contributed by atoms with E-state index in [2.05, 4.69) is 0 Å². The van der Waals surface area contributed by atoms with Crippen molar-refractivity contribution in [1.82, 2.24) is 0 Å². The van der Waals surface area contributed by atoms with E-state index in [1.165, 1.54) is 24.3 Å². The number of rotatable bonds is 5. The molecular formula is C10H12O6S. The van der Waals surface area contributed by atoms with E-state index < -0.39 is 21.8 Å². The summed E-state index contributed by atoms with van der Waals surface area (Å²) in [4.78, 5) is 11.4. The van der Waals surface area contributed by atoms with Crippen LogP contribution in [0.1, 0.15) is 16.8 Å². The van der Waals surface area contributed by atoms with Gasteiger partial charge in [-0.3, -0.25) is 4.55 Å². The van der Waals surface area contributed by atoms with Gasteiger partial charge in [-0.1, -0.05) is 6.07 Å². The molecule has 1 rings (SSSR count). The highest BCUT2D eigenvalue weighted by atomic mass is 32.2. The first kappa shape index (κ1) is 13.5. The Labute approximate surface area is 98.6 Å². The van der Waals surface area contributed by atoms with Crippen LogP contribution in [0.4, 0.5) is 0 Å². The summed E-state index contributed by atoms with van der Waals surface area (Å²) in [5.41, 5.74) is 0.178. The summed E-state index contributed by atoms with van der Waals surface area (Å²) in [5.74, 6) is -1.17. The van der Waals surface area contributed by atoms with Crippen LogP contribution in [0.15, 0.2) is 24.3 Å². The van der Waals surface area contributed by atoms with Gasteiger partial charge in [0, 0.05) is 0 Å². The van der Waals surface area contributed by atoms with Crippen molar-refractivity contribution >= 4 is 16.1 Å². The summed E-state index contributed by atoms with van der Waals surface area (Å²) in [5, 5.41) is 9.12. The van der Waals surface area contributed by atoms with Crippen LogP contribution in [0.3, 0.4) is 0 Å². The SMILES string of the molecule is O=C(OCCCS(=O)(=O)O)c1cccc(O)c1. The third-order valence-corrected chi connectivity index (χ3v) is 2.67. The van der Waals surface area contributed by atoms with Crippen LogP contribution in [0.25, 0.3) is 0 Å². The van der Waals surface area contributed by atoms with Crippen molar-refractivity contribution in [1.29, 1.82) is 0 Å². The molecule has 0 aliphatic heterocycles. The summed E-state index contributed by atoms with van der Waals surface area (Å²) in [6, 6.07) is 5.61. The predicted molar refractivity (Wildman–Crippen MR) is 59.4 cm³/mol. The topological polar surface area (TPSA) is 101 Å². The first-order chi connectivity index (χ1) is 7.88. The van der Waals surface area contributed by atoms with Gasteiger partial charge in [-0.15, -0.1) is 0 Å². The van der Waals surface area contributed by atoms with Gasteiger partial charge < -0.3 is 9.84 Å². The number of esters is 1. The molecular weight excluding hydrogens is 248 g/mol. The van der Waals surface area contributed by atoms with Crippen LogP contribution in [0.5, 0.6) is 5.75 Å². The molecule has 0 radical (unpaired) electrons. The van der Waals surface area contributed by atoms with E-state index >= 15 is 0 Å². The largest absolute Gasteiger partial charge is 0.508 e. The minimum atomic E-state index is -4.02. The van der Waals surface area contributed by atoms with E-state index in [1.807, 2.05) is 0 Å². The lowest BCUT2D eigenvalue weighted by Crippen LogP contribution is -2.11. The molecule has 0 aliphatic carbocycles. The number of carbonyl (C=O) groups excluding carboxylic acids is 1. The van der Waals surface area contributed by atoms with Crippen molar-refractivity contribution in [2.24, 2.45) is 0 Å². The van der Waals surface area contributed by atoms with Crippen LogP contribution in [0, 0.1) is 0 Å². The average molecular weight is 260 g/mol. The maximum atomic E-state index is 11.4. The first-order valence-corrected chi connectivity index (χ1v) is 6.41. The molecule has 0 fully saturated rings. The summed E-state index contributed by atoms with van der Waals surface area (Å²) in [7, 11) is -4.02. The standard InChI is InChI=1S/C10H12O6S/c11-9-4-1-3-8(7-9)10(12)16-5-2-6-17(13,14)15/h1,3-4,7,11H,2,5-6H2,(H,13,14,15). The number of phenols is 1. The Hall–Kier alpha value is -1.60. The molecule has 0 atom stereocenters. The lowest BCUT2D eigenvalue weighted by molar-refractivity contribution is 0.0504. The Morgan fingerprint density at radius 1 is 1.35 bits per heavy atom. The highest BCUT2D eigenvalue weighted by Gasteiger charge is 2.09. The fourth-order valence-corrected chi connectivity index (χ4v) is 1.61. The lowest BCUT2D eigenvalue weighted by atomic mass is 10.2. The Morgan fingerprint density at radius 2 is 2.06 bits per heavy atom. The molecule has 0 saturated carbocycles. The molecule has 0 saturated heterocycles. The van der Waals surface area contributed by atoms with E-state index in [9.17, 15) is 13.2 Å². The minimum absolute atomic E-state index is 0.0173. The van der Waals surface area contributed by atoms with Crippen LogP contribution < -0.4 is 0 Å². The summed E-state index contributed by atoms with van der Waals surface area (Å²) in [6.07, 6.45) is 0.0173. The first-order valence-electron chi connectivity index (χ1n) is 4.80. The van der Waals surface area contributed by atoms with E-state index in [0.29, 0.717) is 0 Å². The number of ether oxygens (including phenoxy) is 1. The molecule has 7 heteroatoms. The van der Waals surface area contributed by atoms with Gasteiger partial charge in [-0.05, 0) is 24.6 Å². The zero-order valence-corrected chi connectivity index (χ0v) is 9.68. The second-order valence-electron chi connectivity index (χ2n) is 3.33. The van der Waals surface area contributed by atoms with Gasteiger partial charge in [0.05, 0.1) is 17.9 Å². The zero-order valence-electron chi connectivity index (χ0n) is 8.87. The smallest absolute Gasteiger partial charge is 0.338 e. The fourth-order valence-electron chi connectivity index (χ4n) is 1.12. The van der Waals surface area contributed by atoms with Gasteiger partial charge >= 0.3 is 5.97 Å². The van der Waals surface area contributed by atoms with Crippen molar-refractivity contribution < 1.29 is 27.6 Å². The van der Waals surface area contributed by atoms with Gasteiger partial charge in [-0.2, -0.15) is 8.42 Å². The Kier molecular flexibility index (Phi) is 4.47. The summed E-state index contributed by atoms with van der Waals surface area (Å²) < 4.78 is 33.9. The normalized spacial score (nSPS) is 11.1. The monoisotopic (exact) mass is 260 g/mol. The number of aromatic hydroxyl groups is 1. The molecule has 0 bridgehead atoms. The number of hydrogen-bond donors (Lipinski definition) is 2. The van der Waals surface area contributed by atoms with Gasteiger partial charge in [-0.25, -0.2) is 4.79 Å². The highest BCUT2D eigenvalue weighted by Crippen LogP contribution is 2.11. The second kappa shape index (κ2) is 5.65. The van der Waals surface area contributed by atoms with E-state index in [1.54, 1.807) is 0 Å². The molecule has 0 amide bonds. The van der Waals surface area contributed by atoms with E-state index in [0.717, 1.165) is 0 Å². The lowest BCUT2D eigenvalue weighted by Gasteiger charge is -2.04. The van der Waals surface area contributed by atoms with E-state index in [-0.39, 0.29) is 24.3 Å².